The molecule has 3 amide bonds. The molecule has 1 atom stereocenters. The maximum absolute atomic E-state index is 11.5. The summed E-state index contributed by atoms with van der Waals surface area (Å²) in [7, 11) is 0. The molecule has 19 heavy (non-hydrogen) atoms. The van der Waals surface area contributed by atoms with Gasteiger partial charge in [0.25, 0.3) is 0 Å². The van der Waals surface area contributed by atoms with Gasteiger partial charge in [-0.2, -0.15) is 0 Å². The molecule has 5 N–H and O–H groups in total. The summed E-state index contributed by atoms with van der Waals surface area (Å²) in [6.07, 6.45) is 1.80. The van der Waals surface area contributed by atoms with Crippen LogP contribution in [0.25, 0.3) is 0 Å². The summed E-state index contributed by atoms with van der Waals surface area (Å²) >= 11 is 0. The number of carbonyl (C=O) groups excluding carboxylic acids is 2. The molecule has 0 radical (unpaired) electrons. The van der Waals surface area contributed by atoms with Crippen LogP contribution in [0.3, 0.4) is 0 Å². The maximum Gasteiger partial charge on any atom is 0.326 e. The summed E-state index contributed by atoms with van der Waals surface area (Å²) in [5.41, 5.74) is 4.95. The van der Waals surface area contributed by atoms with Gasteiger partial charge in [0.05, 0.1) is 0 Å². The van der Waals surface area contributed by atoms with Crippen LogP contribution in [0.5, 0.6) is 0 Å². The SMILES string of the molecule is CCC(CC)CNC(=O)N[C@@H](CCC(N)=O)C(=O)O. The fourth-order valence-electron chi connectivity index (χ4n) is 1.57. The van der Waals surface area contributed by atoms with Crippen molar-refractivity contribution in [3.05, 3.63) is 0 Å². The van der Waals surface area contributed by atoms with E-state index in [-0.39, 0.29) is 12.8 Å². The Bertz CT molecular complexity index is 316. The first-order valence-corrected chi connectivity index (χ1v) is 6.46. The van der Waals surface area contributed by atoms with Crippen molar-refractivity contribution in [2.24, 2.45) is 11.7 Å². The molecule has 0 bridgehead atoms. The van der Waals surface area contributed by atoms with Crippen molar-refractivity contribution in [3.8, 4) is 0 Å². The number of urea groups is 1. The van der Waals surface area contributed by atoms with Crippen molar-refractivity contribution >= 4 is 17.9 Å². The third kappa shape index (κ3) is 8.01. The topological polar surface area (TPSA) is 122 Å². The van der Waals surface area contributed by atoms with Gasteiger partial charge in [-0.15, -0.1) is 0 Å². The van der Waals surface area contributed by atoms with Gasteiger partial charge in [0.15, 0.2) is 0 Å². The van der Waals surface area contributed by atoms with E-state index in [1.165, 1.54) is 0 Å². The maximum atomic E-state index is 11.5. The second-order valence-electron chi connectivity index (χ2n) is 4.43. The van der Waals surface area contributed by atoms with Crippen LogP contribution in [0.1, 0.15) is 39.5 Å². The quantitative estimate of drug-likeness (QED) is 0.487. The summed E-state index contributed by atoms with van der Waals surface area (Å²) in [6.45, 7) is 4.56. The highest BCUT2D eigenvalue weighted by atomic mass is 16.4. The number of carboxylic acids is 1. The van der Waals surface area contributed by atoms with E-state index in [9.17, 15) is 14.4 Å². The first kappa shape index (κ1) is 17.2. The van der Waals surface area contributed by atoms with Crippen LogP contribution in [0.2, 0.25) is 0 Å². The number of carboxylic acid groups (broad SMARTS) is 1. The minimum absolute atomic E-state index is 0.0108. The summed E-state index contributed by atoms with van der Waals surface area (Å²) < 4.78 is 0. The molecule has 110 valence electrons. The highest BCUT2D eigenvalue weighted by Crippen LogP contribution is 2.05. The molecule has 0 heterocycles. The molecule has 0 aromatic rings. The number of primary amides is 1. The Morgan fingerprint density at radius 3 is 2.21 bits per heavy atom. The van der Waals surface area contributed by atoms with Crippen LogP contribution in [0, 0.1) is 5.92 Å². The number of aliphatic carboxylic acids is 1. The highest BCUT2D eigenvalue weighted by molar-refractivity contribution is 5.83. The zero-order chi connectivity index (χ0) is 14.8. The third-order valence-electron chi connectivity index (χ3n) is 2.99. The Hall–Kier alpha value is -1.79. The molecular formula is C12H23N3O4. The molecule has 7 nitrogen and oxygen atoms in total. The molecule has 7 heteroatoms. The summed E-state index contributed by atoms with van der Waals surface area (Å²) in [5, 5.41) is 13.9. The van der Waals surface area contributed by atoms with Gasteiger partial charge in [-0.05, 0) is 12.3 Å². The standard InChI is InChI=1S/C12H23N3O4/c1-3-8(4-2)7-14-12(19)15-9(11(17)18)5-6-10(13)16/h8-9H,3-7H2,1-2H3,(H2,13,16)(H,17,18)(H2,14,15,19)/t9-/m0/s1. The second kappa shape index (κ2) is 9.18. The second-order valence-corrected chi connectivity index (χ2v) is 4.43. The molecule has 0 fully saturated rings. The van der Waals surface area contributed by atoms with Crippen LogP contribution in [-0.2, 0) is 9.59 Å². The van der Waals surface area contributed by atoms with E-state index in [1.54, 1.807) is 0 Å². The zero-order valence-corrected chi connectivity index (χ0v) is 11.4. The van der Waals surface area contributed by atoms with Crippen molar-refractivity contribution in [1.82, 2.24) is 10.6 Å². The molecular weight excluding hydrogens is 250 g/mol. The molecule has 0 saturated heterocycles. The number of hydrogen-bond acceptors (Lipinski definition) is 3. The van der Waals surface area contributed by atoms with Gasteiger partial charge in [0.2, 0.25) is 5.91 Å². The largest absolute Gasteiger partial charge is 0.480 e. The smallest absolute Gasteiger partial charge is 0.326 e. The molecule has 0 aliphatic carbocycles. The number of carbonyl (C=O) groups is 3. The van der Waals surface area contributed by atoms with E-state index in [2.05, 4.69) is 10.6 Å². The predicted octanol–water partition coefficient (Wildman–Crippen LogP) is 0.441. The normalized spacial score (nSPS) is 11.9. The number of nitrogens with one attached hydrogen (secondary N) is 2. The van der Waals surface area contributed by atoms with Crippen molar-refractivity contribution in [1.29, 1.82) is 0 Å². The molecule has 0 aliphatic heterocycles. The van der Waals surface area contributed by atoms with Crippen molar-refractivity contribution in [2.75, 3.05) is 6.54 Å². The number of hydrogen-bond donors (Lipinski definition) is 4. The van der Waals surface area contributed by atoms with Crippen LogP contribution in [-0.4, -0.2) is 35.6 Å². The van der Waals surface area contributed by atoms with Gasteiger partial charge in [-0.3, -0.25) is 4.79 Å². The average Bonchev–Trinajstić information content (AvgIpc) is 2.35. The molecule has 0 rings (SSSR count). The first-order valence-electron chi connectivity index (χ1n) is 6.46. The van der Waals surface area contributed by atoms with Crippen molar-refractivity contribution in [3.63, 3.8) is 0 Å². The molecule has 0 unspecified atom stereocenters. The minimum Gasteiger partial charge on any atom is -0.480 e. The van der Waals surface area contributed by atoms with Gasteiger partial charge in [-0.1, -0.05) is 26.7 Å². The van der Waals surface area contributed by atoms with Crippen LogP contribution in [0.4, 0.5) is 4.79 Å². The fourth-order valence-corrected chi connectivity index (χ4v) is 1.57. The lowest BCUT2D eigenvalue weighted by Crippen LogP contribution is -2.47. The number of rotatable bonds is 9. The first-order chi connectivity index (χ1) is 8.90. The van der Waals surface area contributed by atoms with Gasteiger partial charge >= 0.3 is 12.0 Å². The van der Waals surface area contributed by atoms with Crippen LogP contribution >= 0.6 is 0 Å². The van der Waals surface area contributed by atoms with Gasteiger partial charge < -0.3 is 21.5 Å². The minimum atomic E-state index is -1.18. The lowest BCUT2D eigenvalue weighted by Gasteiger charge is -2.17. The zero-order valence-electron chi connectivity index (χ0n) is 11.4. The Labute approximate surface area is 112 Å². The van der Waals surface area contributed by atoms with E-state index < -0.39 is 23.9 Å². The van der Waals surface area contributed by atoms with Gasteiger partial charge in [-0.25, -0.2) is 9.59 Å². The van der Waals surface area contributed by atoms with Gasteiger partial charge in [0.1, 0.15) is 6.04 Å². The van der Waals surface area contributed by atoms with E-state index in [4.69, 9.17) is 10.8 Å². The van der Waals surface area contributed by atoms with E-state index in [0.717, 1.165) is 12.8 Å². The molecule has 0 aromatic heterocycles. The Morgan fingerprint density at radius 1 is 1.21 bits per heavy atom. The lowest BCUT2D eigenvalue weighted by atomic mass is 10.0. The molecule has 0 aromatic carbocycles. The molecule has 0 saturated carbocycles. The Kier molecular flexibility index (Phi) is 8.32. The number of amides is 3. The Morgan fingerprint density at radius 2 is 1.79 bits per heavy atom. The van der Waals surface area contributed by atoms with Crippen molar-refractivity contribution < 1.29 is 19.5 Å². The summed E-state index contributed by atoms with van der Waals surface area (Å²) in [6, 6.07) is -1.64. The summed E-state index contributed by atoms with van der Waals surface area (Å²) in [4.78, 5) is 33.0. The third-order valence-corrected chi connectivity index (χ3v) is 2.99. The van der Waals surface area contributed by atoms with Crippen LogP contribution < -0.4 is 16.4 Å². The Balaban J connectivity index is 4.16. The fraction of sp³-hybridized carbons (Fsp3) is 0.750. The number of nitrogens with two attached hydrogens (primary N) is 1. The average molecular weight is 273 g/mol. The molecule has 0 spiro atoms. The van der Waals surface area contributed by atoms with E-state index in [0.29, 0.717) is 12.5 Å². The van der Waals surface area contributed by atoms with E-state index in [1.807, 2.05) is 13.8 Å². The summed E-state index contributed by atoms with van der Waals surface area (Å²) in [5.74, 6) is -1.40. The predicted molar refractivity (Wildman–Crippen MR) is 70.5 cm³/mol. The lowest BCUT2D eigenvalue weighted by molar-refractivity contribution is -0.139. The van der Waals surface area contributed by atoms with Crippen molar-refractivity contribution in [2.45, 2.75) is 45.6 Å². The monoisotopic (exact) mass is 273 g/mol. The highest BCUT2D eigenvalue weighted by Gasteiger charge is 2.20. The van der Waals surface area contributed by atoms with Crippen LogP contribution in [0.15, 0.2) is 0 Å². The molecule has 0 aliphatic rings. The van der Waals surface area contributed by atoms with E-state index >= 15 is 0 Å². The van der Waals surface area contributed by atoms with Gasteiger partial charge in [0, 0.05) is 13.0 Å².